The van der Waals surface area contributed by atoms with Crippen molar-refractivity contribution in [2.75, 3.05) is 26.7 Å². The van der Waals surface area contributed by atoms with Crippen LogP contribution in [0.1, 0.15) is 38.2 Å². The fourth-order valence-electron chi connectivity index (χ4n) is 4.56. The summed E-state index contributed by atoms with van der Waals surface area (Å²) >= 11 is 0. The molecule has 2 aliphatic rings. The molecule has 1 aromatic carbocycles. The molecule has 0 radical (unpaired) electrons. The molecule has 2 heterocycles. The molecule has 4 atom stereocenters. The highest BCUT2D eigenvalue weighted by atomic mass is 16.5. The van der Waals surface area contributed by atoms with Crippen LogP contribution in [0.25, 0.3) is 0 Å². The number of amides is 3. The van der Waals surface area contributed by atoms with Crippen LogP contribution in [-0.2, 0) is 14.4 Å². The predicted molar refractivity (Wildman–Crippen MR) is 112 cm³/mol. The van der Waals surface area contributed by atoms with E-state index >= 15 is 0 Å². The first-order valence-corrected chi connectivity index (χ1v) is 10.6. The van der Waals surface area contributed by atoms with Crippen molar-refractivity contribution in [3.8, 4) is 0 Å². The second-order valence-corrected chi connectivity index (χ2v) is 8.64. The zero-order chi connectivity index (χ0) is 21.8. The lowest BCUT2D eigenvalue weighted by Crippen LogP contribution is -2.62. The van der Waals surface area contributed by atoms with Gasteiger partial charge in [0.05, 0.1) is 12.0 Å². The third-order valence-corrected chi connectivity index (χ3v) is 6.37. The van der Waals surface area contributed by atoms with Crippen molar-refractivity contribution in [1.82, 2.24) is 20.6 Å². The largest absolute Gasteiger partial charge is 0.341 e. The number of likely N-dealkylation sites (N-methyl/N-ethyl adjacent to an activating group) is 1. The topological polar surface area (TPSA) is 102 Å². The van der Waals surface area contributed by atoms with Gasteiger partial charge in [-0.2, -0.15) is 0 Å². The summed E-state index contributed by atoms with van der Waals surface area (Å²) in [6.45, 7) is 5.34. The Hall–Kier alpha value is -2.45. The lowest BCUT2D eigenvalue weighted by atomic mass is 9.86. The number of rotatable bonds is 5. The molecule has 0 spiro atoms. The van der Waals surface area contributed by atoms with Gasteiger partial charge in [0.1, 0.15) is 0 Å². The number of hydrogen-bond donors (Lipinski definition) is 3. The summed E-state index contributed by atoms with van der Waals surface area (Å²) in [6.07, 6.45) is 1.20. The van der Waals surface area contributed by atoms with E-state index < -0.39 is 17.9 Å². The maximum atomic E-state index is 13.2. The van der Waals surface area contributed by atoms with Crippen LogP contribution < -0.4 is 10.8 Å². The molecule has 3 unspecified atom stereocenters. The molecule has 2 saturated heterocycles. The van der Waals surface area contributed by atoms with E-state index in [1.807, 2.05) is 32.0 Å². The molecule has 8 heteroatoms. The summed E-state index contributed by atoms with van der Waals surface area (Å²) in [7, 11) is 1.72. The first-order chi connectivity index (χ1) is 14.3. The maximum Gasteiger partial charge on any atom is 0.248 e. The number of likely N-dealkylation sites (tertiary alicyclic amines) is 1. The van der Waals surface area contributed by atoms with Crippen LogP contribution in [0.4, 0.5) is 0 Å². The minimum atomic E-state index is -0.751. The minimum absolute atomic E-state index is 0.0139. The quantitative estimate of drug-likeness (QED) is 0.490. The van der Waals surface area contributed by atoms with Gasteiger partial charge in [-0.1, -0.05) is 44.2 Å². The van der Waals surface area contributed by atoms with E-state index in [-0.39, 0.29) is 29.7 Å². The molecule has 0 aliphatic carbocycles. The fraction of sp³-hybridized carbons (Fsp3) is 0.591. The van der Waals surface area contributed by atoms with Gasteiger partial charge in [-0.15, -0.1) is 0 Å². The van der Waals surface area contributed by atoms with Crippen molar-refractivity contribution >= 4 is 17.7 Å². The van der Waals surface area contributed by atoms with Gasteiger partial charge < -0.3 is 15.1 Å². The van der Waals surface area contributed by atoms with Gasteiger partial charge in [0, 0.05) is 44.6 Å². The first kappa shape index (κ1) is 22.2. The van der Waals surface area contributed by atoms with Gasteiger partial charge in [0.25, 0.3) is 0 Å². The Balaban J connectivity index is 1.69. The molecule has 3 N–H and O–H groups in total. The van der Waals surface area contributed by atoms with Crippen molar-refractivity contribution in [2.45, 2.75) is 44.7 Å². The lowest BCUT2D eigenvalue weighted by molar-refractivity contribution is -0.146. The van der Waals surface area contributed by atoms with E-state index in [4.69, 9.17) is 0 Å². The molecule has 30 heavy (non-hydrogen) atoms. The van der Waals surface area contributed by atoms with Crippen molar-refractivity contribution in [1.29, 1.82) is 0 Å². The highest BCUT2D eigenvalue weighted by Crippen LogP contribution is 2.29. The number of nitrogens with one attached hydrogen (secondary N) is 2. The molecule has 2 aliphatic heterocycles. The maximum absolute atomic E-state index is 13.2. The Morgan fingerprint density at radius 1 is 1.23 bits per heavy atom. The van der Waals surface area contributed by atoms with Gasteiger partial charge >= 0.3 is 0 Å². The van der Waals surface area contributed by atoms with E-state index in [0.717, 1.165) is 6.42 Å². The number of hydroxylamine groups is 1. The molecule has 0 saturated carbocycles. The summed E-state index contributed by atoms with van der Waals surface area (Å²) in [5.41, 5.74) is 2.91. The first-order valence-electron chi connectivity index (χ1n) is 10.6. The van der Waals surface area contributed by atoms with Gasteiger partial charge in [-0.25, -0.2) is 5.48 Å². The molecular weight excluding hydrogens is 384 g/mol. The Kier molecular flexibility index (Phi) is 7.10. The number of nitrogens with zero attached hydrogens (tertiary/aromatic N) is 2. The zero-order valence-corrected chi connectivity index (χ0v) is 17.9. The van der Waals surface area contributed by atoms with Crippen molar-refractivity contribution in [3.05, 3.63) is 35.9 Å². The van der Waals surface area contributed by atoms with E-state index in [1.165, 1.54) is 5.56 Å². The molecular formula is C22H32N4O4. The summed E-state index contributed by atoms with van der Waals surface area (Å²) in [4.78, 5) is 41.4. The number of benzene rings is 1. The average molecular weight is 417 g/mol. The van der Waals surface area contributed by atoms with Crippen LogP contribution in [0.5, 0.6) is 0 Å². The van der Waals surface area contributed by atoms with Crippen LogP contribution in [0.3, 0.4) is 0 Å². The van der Waals surface area contributed by atoms with Gasteiger partial charge in [-0.3, -0.25) is 19.6 Å². The second kappa shape index (κ2) is 9.57. The van der Waals surface area contributed by atoms with Crippen molar-refractivity contribution in [2.24, 2.45) is 11.8 Å². The van der Waals surface area contributed by atoms with Crippen LogP contribution in [0.15, 0.2) is 30.3 Å². The lowest BCUT2D eigenvalue weighted by Gasteiger charge is -2.40. The average Bonchev–Trinajstić information content (AvgIpc) is 3.27. The van der Waals surface area contributed by atoms with Gasteiger partial charge in [-0.05, 0) is 18.4 Å². The van der Waals surface area contributed by atoms with Gasteiger partial charge in [0.15, 0.2) is 0 Å². The molecule has 3 rings (SSSR count). The highest BCUT2D eigenvalue weighted by molar-refractivity contribution is 5.90. The third kappa shape index (κ3) is 4.65. The standard InChI is InChI=1S/C22H32N4O4/c1-14(2)21(28)25(3)17-11-18(20(27)24-30)19(23-12-17)22(29)26-10-9-16(13-26)15-7-5-4-6-8-15/h4-8,14,16-19,23,30H,9-13H2,1-3H3,(H,24,27)/t16-,17?,18?,19?/m0/s1. The highest BCUT2D eigenvalue weighted by Gasteiger charge is 2.43. The zero-order valence-electron chi connectivity index (χ0n) is 17.9. The number of piperidine rings is 1. The molecule has 164 valence electrons. The molecule has 0 aromatic heterocycles. The SMILES string of the molecule is CC(C)C(=O)N(C)C1CNC(C(=O)N2CC[C@H](c3ccccc3)C2)C(C(=O)NO)C1. The van der Waals surface area contributed by atoms with E-state index in [0.29, 0.717) is 26.1 Å². The van der Waals surface area contributed by atoms with E-state index in [1.54, 1.807) is 22.3 Å². The molecule has 0 bridgehead atoms. The normalized spacial score (nSPS) is 26.5. The Bertz CT molecular complexity index is 770. The molecule has 1 aromatic rings. The van der Waals surface area contributed by atoms with Crippen LogP contribution in [0, 0.1) is 11.8 Å². The fourth-order valence-corrected chi connectivity index (χ4v) is 4.56. The van der Waals surface area contributed by atoms with Gasteiger partial charge in [0.2, 0.25) is 17.7 Å². The Labute approximate surface area is 177 Å². The minimum Gasteiger partial charge on any atom is -0.341 e. The molecule has 8 nitrogen and oxygen atoms in total. The molecule has 2 fully saturated rings. The number of hydrogen-bond acceptors (Lipinski definition) is 5. The summed E-state index contributed by atoms with van der Waals surface area (Å²) in [5.74, 6) is -1.36. The summed E-state index contributed by atoms with van der Waals surface area (Å²) in [5, 5.41) is 12.4. The van der Waals surface area contributed by atoms with Crippen LogP contribution in [-0.4, -0.2) is 71.5 Å². The van der Waals surface area contributed by atoms with E-state index in [2.05, 4.69) is 17.4 Å². The van der Waals surface area contributed by atoms with E-state index in [9.17, 15) is 19.6 Å². The predicted octanol–water partition coefficient (Wildman–Crippen LogP) is 0.969. The Morgan fingerprint density at radius 2 is 1.93 bits per heavy atom. The van der Waals surface area contributed by atoms with Crippen molar-refractivity contribution < 1.29 is 19.6 Å². The summed E-state index contributed by atoms with van der Waals surface area (Å²) in [6, 6.07) is 9.19. The Morgan fingerprint density at radius 3 is 2.57 bits per heavy atom. The number of carbonyl (C=O) groups excluding carboxylic acids is 3. The number of carbonyl (C=O) groups is 3. The van der Waals surface area contributed by atoms with Crippen LogP contribution >= 0.6 is 0 Å². The second-order valence-electron chi connectivity index (χ2n) is 8.64. The van der Waals surface area contributed by atoms with Crippen LogP contribution in [0.2, 0.25) is 0 Å². The molecule has 3 amide bonds. The smallest absolute Gasteiger partial charge is 0.248 e. The third-order valence-electron chi connectivity index (χ3n) is 6.37. The summed E-state index contributed by atoms with van der Waals surface area (Å²) < 4.78 is 0. The monoisotopic (exact) mass is 416 g/mol. The van der Waals surface area contributed by atoms with Crippen molar-refractivity contribution in [3.63, 3.8) is 0 Å².